The van der Waals surface area contributed by atoms with Crippen LogP contribution in [0.5, 0.6) is 0 Å². The van der Waals surface area contributed by atoms with E-state index >= 15 is 0 Å². The highest BCUT2D eigenvalue weighted by molar-refractivity contribution is 6.06. The standard InChI is InChI=1S/C15H20O6/c1-3-4-10(16)13(18)11-5-8-6-12(17)15(2,20)14(19)9(8)7-21-11/h3-4,6-7,10-13,16-18,20H,5H2,1-2H3/b4-3+/t10-,11+,12-,13+,15-/m1/s1. The molecule has 21 heavy (non-hydrogen) atoms. The Bertz CT molecular complexity index is 516. The SMILES string of the molecule is C/C=C/[C@@H](O)[C@H](O)[C@@H]1CC2=C[C@@H](O)[C@@](C)(O)C(=O)C2=CO1. The first-order valence-electron chi connectivity index (χ1n) is 6.80. The Morgan fingerprint density at radius 3 is 2.76 bits per heavy atom. The maximum absolute atomic E-state index is 12.1. The van der Waals surface area contributed by atoms with Crippen LogP contribution < -0.4 is 0 Å². The molecule has 5 atom stereocenters. The van der Waals surface area contributed by atoms with Crippen molar-refractivity contribution in [1.82, 2.24) is 0 Å². The van der Waals surface area contributed by atoms with Gasteiger partial charge in [0.05, 0.1) is 11.8 Å². The van der Waals surface area contributed by atoms with Gasteiger partial charge in [-0.1, -0.05) is 12.2 Å². The Morgan fingerprint density at radius 2 is 2.14 bits per heavy atom. The van der Waals surface area contributed by atoms with Gasteiger partial charge in [-0.2, -0.15) is 0 Å². The summed E-state index contributed by atoms with van der Waals surface area (Å²) in [6.07, 6.45) is 1.50. The lowest BCUT2D eigenvalue weighted by Crippen LogP contribution is -2.51. The van der Waals surface area contributed by atoms with Gasteiger partial charge < -0.3 is 25.2 Å². The molecule has 0 bridgehead atoms. The van der Waals surface area contributed by atoms with Crippen molar-refractivity contribution in [3.63, 3.8) is 0 Å². The smallest absolute Gasteiger partial charge is 0.200 e. The summed E-state index contributed by atoms with van der Waals surface area (Å²) in [5.41, 5.74) is -1.19. The van der Waals surface area contributed by atoms with Crippen molar-refractivity contribution >= 4 is 5.78 Å². The molecule has 0 fully saturated rings. The highest BCUT2D eigenvalue weighted by Crippen LogP contribution is 2.35. The van der Waals surface area contributed by atoms with E-state index in [2.05, 4.69) is 0 Å². The highest BCUT2D eigenvalue weighted by atomic mass is 16.5. The van der Waals surface area contributed by atoms with Gasteiger partial charge in [-0.15, -0.1) is 0 Å². The predicted octanol–water partition coefficient (Wildman–Crippen LogP) is -0.422. The first-order chi connectivity index (χ1) is 9.78. The molecule has 1 aliphatic carbocycles. The molecule has 6 heteroatoms. The molecule has 0 spiro atoms. The van der Waals surface area contributed by atoms with Gasteiger partial charge in [-0.05, 0) is 25.5 Å². The van der Waals surface area contributed by atoms with Crippen LogP contribution in [0.1, 0.15) is 20.3 Å². The summed E-state index contributed by atoms with van der Waals surface area (Å²) in [4.78, 5) is 12.1. The van der Waals surface area contributed by atoms with Crippen LogP contribution in [0.2, 0.25) is 0 Å². The van der Waals surface area contributed by atoms with Crippen molar-refractivity contribution in [3.05, 3.63) is 35.6 Å². The number of ketones is 1. The molecule has 6 nitrogen and oxygen atoms in total. The topological polar surface area (TPSA) is 107 Å². The number of allylic oxidation sites excluding steroid dienone is 1. The summed E-state index contributed by atoms with van der Waals surface area (Å²) >= 11 is 0. The third-order valence-corrected chi connectivity index (χ3v) is 3.89. The molecule has 0 saturated heterocycles. The van der Waals surface area contributed by atoms with Crippen LogP contribution in [-0.2, 0) is 9.53 Å². The zero-order chi connectivity index (χ0) is 15.8. The molecule has 2 aliphatic rings. The van der Waals surface area contributed by atoms with Gasteiger partial charge in [0.2, 0.25) is 0 Å². The number of fused-ring (bicyclic) bond motifs is 1. The van der Waals surface area contributed by atoms with Crippen molar-refractivity contribution in [2.45, 2.75) is 50.3 Å². The van der Waals surface area contributed by atoms with Gasteiger partial charge in [0.25, 0.3) is 0 Å². The number of aliphatic hydroxyl groups is 4. The van der Waals surface area contributed by atoms with Crippen molar-refractivity contribution in [2.24, 2.45) is 0 Å². The molecule has 0 unspecified atom stereocenters. The van der Waals surface area contributed by atoms with Crippen LogP contribution >= 0.6 is 0 Å². The third kappa shape index (κ3) is 2.80. The van der Waals surface area contributed by atoms with Crippen molar-refractivity contribution in [1.29, 1.82) is 0 Å². The monoisotopic (exact) mass is 296 g/mol. The van der Waals surface area contributed by atoms with Crippen LogP contribution in [0.4, 0.5) is 0 Å². The molecular formula is C15H20O6. The maximum Gasteiger partial charge on any atom is 0.200 e. The van der Waals surface area contributed by atoms with E-state index in [1.807, 2.05) is 0 Å². The second-order valence-corrected chi connectivity index (χ2v) is 5.53. The minimum atomic E-state index is -1.88. The highest BCUT2D eigenvalue weighted by Gasteiger charge is 2.46. The summed E-state index contributed by atoms with van der Waals surface area (Å²) in [7, 11) is 0. The van der Waals surface area contributed by atoms with Gasteiger partial charge in [0, 0.05) is 6.42 Å². The lowest BCUT2D eigenvalue weighted by molar-refractivity contribution is -0.141. The maximum atomic E-state index is 12.1. The second kappa shape index (κ2) is 5.73. The van der Waals surface area contributed by atoms with Crippen molar-refractivity contribution < 1.29 is 30.0 Å². The number of rotatable bonds is 3. The summed E-state index contributed by atoms with van der Waals surface area (Å²) < 4.78 is 5.32. The van der Waals surface area contributed by atoms with Crippen molar-refractivity contribution in [2.75, 3.05) is 0 Å². The largest absolute Gasteiger partial charge is 0.494 e. The van der Waals surface area contributed by atoms with E-state index in [1.165, 1.54) is 25.3 Å². The number of ether oxygens (including phenoxy) is 1. The van der Waals surface area contributed by atoms with Crippen LogP contribution in [0.3, 0.4) is 0 Å². The van der Waals surface area contributed by atoms with E-state index in [9.17, 15) is 25.2 Å². The molecule has 0 amide bonds. The number of carbonyl (C=O) groups is 1. The number of carbonyl (C=O) groups excluding carboxylic acids is 1. The van der Waals surface area contributed by atoms with Gasteiger partial charge in [0.1, 0.15) is 24.4 Å². The Kier molecular flexibility index (Phi) is 4.34. The van der Waals surface area contributed by atoms with Crippen LogP contribution in [-0.4, -0.2) is 56.2 Å². The number of hydrogen-bond acceptors (Lipinski definition) is 6. The molecule has 1 aliphatic heterocycles. The van der Waals surface area contributed by atoms with Crippen LogP contribution in [0.15, 0.2) is 35.6 Å². The fourth-order valence-electron chi connectivity index (χ4n) is 2.46. The molecule has 4 N–H and O–H groups in total. The average molecular weight is 296 g/mol. The average Bonchev–Trinajstić information content (AvgIpc) is 2.44. The minimum absolute atomic E-state index is 0.167. The molecule has 0 aromatic heterocycles. The number of aliphatic hydroxyl groups excluding tert-OH is 3. The zero-order valence-corrected chi connectivity index (χ0v) is 11.9. The minimum Gasteiger partial charge on any atom is -0.494 e. The summed E-state index contributed by atoms with van der Waals surface area (Å²) in [5.74, 6) is -0.616. The van der Waals surface area contributed by atoms with E-state index in [0.717, 1.165) is 0 Å². The van der Waals surface area contributed by atoms with Gasteiger partial charge in [-0.3, -0.25) is 4.79 Å². The number of hydrogen-bond donors (Lipinski definition) is 4. The van der Waals surface area contributed by atoms with Crippen molar-refractivity contribution in [3.8, 4) is 0 Å². The predicted molar refractivity (Wildman–Crippen MR) is 74.1 cm³/mol. The first kappa shape index (κ1) is 15.9. The molecule has 0 aromatic carbocycles. The molecule has 116 valence electrons. The van der Waals surface area contributed by atoms with E-state index in [1.54, 1.807) is 13.0 Å². The van der Waals surface area contributed by atoms with Gasteiger partial charge >= 0.3 is 0 Å². The third-order valence-electron chi connectivity index (χ3n) is 3.89. The summed E-state index contributed by atoms with van der Waals surface area (Å²) in [5, 5.41) is 39.5. The summed E-state index contributed by atoms with van der Waals surface area (Å²) in [6, 6.07) is 0. The van der Waals surface area contributed by atoms with E-state index < -0.39 is 35.8 Å². The molecule has 1 heterocycles. The van der Waals surface area contributed by atoms with E-state index in [-0.39, 0.29) is 12.0 Å². The molecular weight excluding hydrogens is 276 g/mol. The second-order valence-electron chi connectivity index (χ2n) is 5.53. The zero-order valence-electron chi connectivity index (χ0n) is 11.9. The molecule has 0 saturated carbocycles. The molecule has 2 rings (SSSR count). The van der Waals surface area contributed by atoms with E-state index in [4.69, 9.17) is 4.74 Å². The van der Waals surface area contributed by atoms with Crippen LogP contribution in [0, 0.1) is 0 Å². The quantitative estimate of drug-likeness (QED) is 0.527. The fraction of sp³-hybridized carbons (Fsp3) is 0.533. The van der Waals surface area contributed by atoms with Gasteiger partial charge in [-0.25, -0.2) is 0 Å². The normalized spacial score (nSPS) is 35.6. The van der Waals surface area contributed by atoms with Gasteiger partial charge in [0.15, 0.2) is 11.4 Å². The molecule has 0 radical (unpaired) electrons. The first-order valence-corrected chi connectivity index (χ1v) is 6.80. The molecule has 0 aromatic rings. The Morgan fingerprint density at radius 1 is 1.48 bits per heavy atom. The van der Waals surface area contributed by atoms with E-state index in [0.29, 0.717) is 5.57 Å². The number of Topliss-reactive ketones (excluding diaryl/α,β-unsaturated/α-hetero) is 1. The summed E-state index contributed by atoms with van der Waals surface area (Å²) in [6.45, 7) is 2.96. The lowest BCUT2D eigenvalue weighted by Gasteiger charge is -2.37. The Balaban J connectivity index is 2.22. The Labute approximate surface area is 122 Å². The Hall–Kier alpha value is -1.47. The van der Waals surface area contributed by atoms with Crippen LogP contribution in [0.25, 0.3) is 0 Å². The lowest BCUT2D eigenvalue weighted by atomic mass is 9.77. The fourth-order valence-corrected chi connectivity index (χ4v) is 2.46.